The molecule has 0 unspecified atom stereocenters. The highest BCUT2D eigenvalue weighted by Gasteiger charge is 2.36. The van der Waals surface area contributed by atoms with Gasteiger partial charge in [-0.05, 0) is 31.4 Å². The lowest BCUT2D eigenvalue weighted by atomic mass is 9.94. The Labute approximate surface area is 117 Å². The lowest BCUT2D eigenvalue weighted by Gasteiger charge is -2.24. The molecule has 1 N–H and O–H groups in total. The Morgan fingerprint density at radius 3 is 3.00 bits per heavy atom. The maximum atomic E-state index is 13.6. The Hall–Kier alpha value is -1.49. The van der Waals surface area contributed by atoms with E-state index >= 15 is 0 Å². The number of nitrogens with zero attached hydrogens (tertiary/aromatic N) is 1. The van der Waals surface area contributed by atoms with E-state index in [1.54, 1.807) is 4.90 Å². The van der Waals surface area contributed by atoms with Gasteiger partial charge in [-0.1, -0.05) is 12.1 Å². The van der Waals surface area contributed by atoms with Crippen molar-refractivity contribution in [3.63, 3.8) is 0 Å². The highest BCUT2D eigenvalue weighted by atomic mass is 19.2. The number of hydrogen-bond acceptors (Lipinski definition) is 2. The van der Waals surface area contributed by atoms with Crippen LogP contribution in [0.25, 0.3) is 0 Å². The number of fused-ring (bicyclic) bond motifs is 1. The molecule has 3 rings (SSSR count). The van der Waals surface area contributed by atoms with Gasteiger partial charge >= 0.3 is 0 Å². The van der Waals surface area contributed by atoms with Gasteiger partial charge in [0.1, 0.15) is 0 Å². The summed E-state index contributed by atoms with van der Waals surface area (Å²) >= 11 is 0. The van der Waals surface area contributed by atoms with Crippen molar-refractivity contribution in [1.29, 1.82) is 0 Å². The first-order valence-corrected chi connectivity index (χ1v) is 7.09. The van der Waals surface area contributed by atoms with Crippen molar-refractivity contribution in [3.8, 4) is 0 Å². The molecule has 0 saturated carbocycles. The standard InChI is InChI=1S/C15H18F2N2O/c16-12-5-1-3-10(15(12)17)7-14(20)19-8-11-4-2-6-18-13(11)9-19/h1,3,5,11,13,18H,2,4,6-9H2/t11-,13+/m0/s1. The lowest BCUT2D eigenvalue weighted by Crippen LogP contribution is -2.41. The van der Waals surface area contributed by atoms with Gasteiger partial charge in [-0.3, -0.25) is 4.79 Å². The summed E-state index contributed by atoms with van der Waals surface area (Å²) in [5.74, 6) is -1.42. The van der Waals surface area contributed by atoms with Gasteiger partial charge in [0.05, 0.1) is 6.42 Å². The molecule has 0 aromatic heterocycles. The quantitative estimate of drug-likeness (QED) is 0.894. The number of amides is 1. The normalized spacial score (nSPS) is 25.6. The Morgan fingerprint density at radius 2 is 2.20 bits per heavy atom. The molecule has 3 nitrogen and oxygen atoms in total. The first-order valence-electron chi connectivity index (χ1n) is 7.09. The minimum absolute atomic E-state index is 0.0664. The molecule has 0 aliphatic carbocycles. The molecule has 2 atom stereocenters. The van der Waals surface area contributed by atoms with Gasteiger partial charge in [-0.15, -0.1) is 0 Å². The number of hydrogen-bond donors (Lipinski definition) is 1. The molecule has 2 aliphatic heterocycles. The van der Waals surface area contributed by atoms with Crippen molar-refractivity contribution >= 4 is 5.91 Å². The van der Waals surface area contributed by atoms with E-state index in [0.29, 0.717) is 18.5 Å². The van der Waals surface area contributed by atoms with Crippen LogP contribution >= 0.6 is 0 Å². The summed E-state index contributed by atoms with van der Waals surface area (Å²) in [6, 6.07) is 4.34. The Kier molecular flexibility index (Phi) is 3.70. The monoisotopic (exact) mass is 280 g/mol. The van der Waals surface area contributed by atoms with E-state index in [2.05, 4.69) is 5.32 Å². The molecule has 20 heavy (non-hydrogen) atoms. The fourth-order valence-corrected chi connectivity index (χ4v) is 3.21. The summed E-state index contributed by atoms with van der Waals surface area (Å²) in [5, 5.41) is 3.42. The van der Waals surface area contributed by atoms with Crippen LogP contribution in [-0.4, -0.2) is 36.5 Å². The SMILES string of the molecule is O=C(Cc1cccc(F)c1F)N1C[C@@H]2CCCN[C@@H]2C1. The van der Waals surface area contributed by atoms with Crippen molar-refractivity contribution in [1.82, 2.24) is 10.2 Å². The molecular formula is C15H18F2N2O. The second-order valence-corrected chi connectivity index (χ2v) is 5.65. The molecule has 108 valence electrons. The second kappa shape index (κ2) is 5.48. The van der Waals surface area contributed by atoms with E-state index in [1.165, 1.54) is 12.1 Å². The summed E-state index contributed by atoms with van der Waals surface area (Å²) in [7, 11) is 0. The van der Waals surface area contributed by atoms with Crippen LogP contribution in [0.15, 0.2) is 18.2 Å². The van der Waals surface area contributed by atoms with E-state index in [4.69, 9.17) is 0 Å². The minimum atomic E-state index is -0.907. The zero-order valence-corrected chi connectivity index (χ0v) is 11.2. The summed E-state index contributed by atoms with van der Waals surface area (Å²) in [6.07, 6.45) is 2.21. The van der Waals surface area contributed by atoms with Crippen LogP contribution < -0.4 is 5.32 Å². The van der Waals surface area contributed by atoms with E-state index in [-0.39, 0.29) is 17.9 Å². The maximum Gasteiger partial charge on any atom is 0.227 e. The zero-order valence-electron chi connectivity index (χ0n) is 11.2. The average molecular weight is 280 g/mol. The number of halogens is 2. The van der Waals surface area contributed by atoms with Gasteiger partial charge in [0.2, 0.25) is 5.91 Å². The van der Waals surface area contributed by atoms with Gasteiger partial charge in [0.25, 0.3) is 0 Å². The van der Waals surface area contributed by atoms with E-state index in [0.717, 1.165) is 32.0 Å². The number of carbonyl (C=O) groups excluding carboxylic acids is 1. The van der Waals surface area contributed by atoms with Crippen LogP contribution in [0.4, 0.5) is 8.78 Å². The topological polar surface area (TPSA) is 32.3 Å². The number of nitrogens with one attached hydrogen (secondary N) is 1. The number of benzene rings is 1. The molecule has 2 saturated heterocycles. The van der Waals surface area contributed by atoms with Crippen LogP contribution in [0.1, 0.15) is 18.4 Å². The van der Waals surface area contributed by atoms with E-state index in [1.807, 2.05) is 0 Å². The largest absolute Gasteiger partial charge is 0.340 e. The van der Waals surface area contributed by atoms with Gasteiger partial charge in [0.15, 0.2) is 11.6 Å². The van der Waals surface area contributed by atoms with Crippen molar-refractivity contribution < 1.29 is 13.6 Å². The third-order valence-corrected chi connectivity index (χ3v) is 4.33. The molecule has 0 radical (unpaired) electrons. The van der Waals surface area contributed by atoms with E-state index < -0.39 is 11.6 Å². The van der Waals surface area contributed by atoms with Gasteiger partial charge in [-0.2, -0.15) is 0 Å². The molecule has 1 amide bonds. The summed E-state index contributed by atoms with van der Waals surface area (Å²) in [5.41, 5.74) is 0.137. The van der Waals surface area contributed by atoms with Crippen LogP contribution in [0.2, 0.25) is 0 Å². The fraction of sp³-hybridized carbons (Fsp3) is 0.533. The number of carbonyl (C=O) groups is 1. The van der Waals surface area contributed by atoms with Crippen LogP contribution in [0.3, 0.4) is 0 Å². The fourth-order valence-electron chi connectivity index (χ4n) is 3.21. The first-order chi connectivity index (χ1) is 9.65. The third-order valence-electron chi connectivity index (χ3n) is 4.33. The molecule has 1 aromatic rings. The van der Waals surface area contributed by atoms with Crippen LogP contribution in [-0.2, 0) is 11.2 Å². The number of piperidine rings is 1. The van der Waals surface area contributed by atoms with Crippen molar-refractivity contribution in [3.05, 3.63) is 35.4 Å². The second-order valence-electron chi connectivity index (χ2n) is 5.65. The van der Waals surface area contributed by atoms with Crippen molar-refractivity contribution in [2.45, 2.75) is 25.3 Å². The molecule has 2 aliphatic rings. The number of likely N-dealkylation sites (tertiary alicyclic amines) is 1. The van der Waals surface area contributed by atoms with Crippen molar-refractivity contribution in [2.75, 3.05) is 19.6 Å². The summed E-state index contributed by atoms with van der Waals surface area (Å²) < 4.78 is 26.7. The number of rotatable bonds is 2. The van der Waals surface area contributed by atoms with Crippen LogP contribution in [0.5, 0.6) is 0 Å². The first kappa shape index (κ1) is 13.5. The highest BCUT2D eigenvalue weighted by Crippen LogP contribution is 2.25. The molecule has 2 fully saturated rings. The summed E-state index contributed by atoms with van der Waals surface area (Å²) in [4.78, 5) is 14.0. The average Bonchev–Trinajstić information content (AvgIpc) is 2.88. The van der Waals surface area contributed by atoms with Gasteiger partial charge in [0, 0.05) is 24.7 Å². The van der Waals surface area contributed by atoms with Gasteiger partial charge in [-0.25, -0.2) is 8.78 Å². The molecular weight excluding hydrogens is 262 g/mol. The van der Waals surface area contributed by atoms with Gasteiger partial charge < -0.3 is 10.2 Å². The van der Waals surface area contributed by atoms with Crippen molar-refractivity contribution in [2.24, 2.45) is 5.92 Å². The minimum Gasteiger partial charge on any atom is -0.340 e. The predicted molar refractivity (Wildman–Crippen MR) is 71.2 cm³/mol. The maximum absolute atomic E-state index is 13.6. The van der Waals surface area contributed by atoms with E-state index in [9.17, 15) is 13.6 Å². The Morgan fingerprint density at radius 1 is 1.35 bits per heavy atom. The molecule has 1 aromatic carbocycles. The predicted octanol–water partition coefficient (Wildman–Crippen LogP) is 1.72. The smallest absolute Gasteiger partial charge is 0.227 e. The van der Waals surface area contributed by atoms with Crippen LogP contribution in [0, 0.1) is 17.6 Å². The molecule has 0 spiro atoms. The third kappa shape index (κ3) is 2.54. The zero-order chi connectivity index (χ0) is 14.1. The summed E-state index contributed by atoms with van der Waals surface area (Å²) in [6.45, 7) is 2.41. The Bertz CT molecular complexity index is 507. The Balaban J connectivity index is 1.66. The molecule has 0 bridgehead atoms. The highest BCUT2D eigenvalue weighted by molar-refractivity contribution is 5.79. The lowest BCUT2D eigenvalue weighted by molar-refractivity contribution is -0.129. The molecule has 2 heterocycles. The molecule has 5 heteroatoms.